The molecule has 27 heavy (non-hydrogen) atoms. The Balaban J connectivity index is 1.72. The van der Waals surface area contributed by atoms with Crippen molar-refractivity contribution in [2.45, 2.75) is 13.5 Å². The fourth-order valence-electron chi connectivity index (χ4n) is 3.15. The highest BCUT2D eigenvalue weighted by molar-refractivity contribution is 5.88. The van der Waals surface area contributed by atoms with Crippen molar-refractivity contribution in [3.8, 4) is 11.1 Å². The fourth-order valence-corrected chi connectivity index (χ4v) is 3.15. The van der Waals surface area contributed by atoms with Gasteiger partial charge in [0.1, 0.15) is 6.26 Å². The van der Waals surface area contributed by atoms with Gasteiger partial charge in [0.25, 0.3) is 5.56 Å². The molecule has 6 heteroatoms. The Morgan fingerprint density at radius 3 is 2.78 bits per heavy atom. The van der Waals surface area contributed by atoms with E-state index in [1.807, 2.05) is 25.1 Å². The topological polar surface area (TPSA) is 85.3 Å². The van der Waals surface area contributed by atoms with Crippen molar-refractivity contribution in [3.63, 3.8) is 0 Å². The Labute approximate surface area is 154 Å². The van der Waals surface area contributed by atoms with E-state index in [1.54, 1.807) is 41.3 Å². The molecule has 2 aromatic heterocycles. The molecule has 6 nitrogen and oxygen atoms in total. The molecule has 0 saturated heterocycles. The van der Waals surface area contributed by atoms with Gasteiger partial charge in [-0.2, -0.15) is 0 Å². The van der Waals surface area contributed by atoms with Gasteiger partial charge in [-0.25, -0.2) is 4.79 Å². The first-order valence-electron chi connectivity index (χ1n) is 8.40. The summed E-state index contributed by atoms with van der Waals surface area (Å²) in [5.41, 5.74) is 3.46. The molecule has 0 unspecified atom stereocenters. The van der Waals surface area contributed by atoms with Gasteiger partial charge in [-0.05, 0) is 53.8 Å². The lowest BCUT2D eigenvalue weighted by Crippen LogP contribution is -2.20. The third-order valence-electron chi connectivity index (χ3n) is 4.56. The van der Waals surface area contributed by atoms with Gasteiger partial charge < -0.3 is 14.2 Å². The second-order valence-electron chi connectivity index (χ2n) is 6.37. The standard InChI is InChI=1S/C21H16N2O4/c1-13-19(12-27-22-13)15-5-6-18-16(10-15)7-8-23(20(18)24)11-14-3-2-4-17(9-14)21(25)26/h2-10,12H,11H2,1H3,(H,25,26). The zero-order valence-electron chi connectivity index (χ0n) is 14.5. The number of rotatable bonds is 4. The largest absolute Gasteiger partial charge is 0.478 e. The van der Waals surface area contributed by atoms with Crippen LogP contribution >= 0.6 is 0 Å². The van der Waals surface area contributed by atoms with Crippen LogP contribution in [0.4, 0.5) is 0 Å². The third kappa shape index (κ3) is 3.13. The summed E-state index contributed by atoms with van der Waals surface area (Å²) >= 11 is 0. The molecule has 0 aliphatic heterocycles. The molecule has 2 aromatic carbocycles. The van der Waals surface area contributed by atoms with Crippen LogP contribution in [0.1, 0.15) is 21.6 Å². The van der Waals surface area contributed by atoms with Crippen molar-refractivity contribution < 1.29 is 14.4 Å². The van der Waals surface area contributed by atoms with Gasteiger partial charge >= 0.3 is 5.97 Å². The van der Waals surface area contributed by atoms with E-state index in [4.69, 9.17) is 9.63 Å². The molecular weight excluding hydrogens is 344 g/mol. The summed E-state index contributed by atoms with van der Waals surface area (Å²) < 4.78 is 6.57. The van der Waals surface area contributed by atoms with E-state index in [-0.39, 0.29) is 11.1 Å². The monoisotopic (exact) mass is 360 g/mol. The van der Waals surface area contributed by atoms with Gasteiger partial charge in [-0.15, -0.1) is 0 Å². The average molecular weight is 360 g/mol. The molecule has 0 radical (unpaired) electrons. The number of aromatic nitrogens is 2. The molecule has 4 rings (SSSR count). The lowest BCUT2D eigenvalue weighted by atomic mass is 10.0. The van der Waals surface area contributed by atoms with Gasteiger partial charge in [0, 0.05) is 17.1 Å². The van der Waals surface area contributed by atoms with Crippen LogP contribution in [0.3, 0.4) is 0 Å². The third-order valence-corrected chi connectivity index (χ3v) is 4.56. The second-order valence-corrected chi connectivity index (χ2v) is 6.37. The number of carbonyl (C=O) groups is 1. The van der Waals surface area contributed by atoms with Crippen LogP contribution in [0, 0.1) is 6.92 Å². The van der Waals surface area contributed by atoms with Crippen molar-refractivity contribution >= 4 is 16.7 Å². The molecule has 0 amide bonds. The highest BCUT2D eigenvalue weighted by Crippen LogP contribution is 2.25. The van der Waals surface area contributed by atoms with Crippen molar-refractivity contribution in [1.82, 2.24) is 9.72 Å². The van der Waals surface area contributed by atoms with E-state index >= 15 is 0 Å². The predicted octanol–water partition coefficient (Wildman–Crippen LogP) is 3.71. The number of nitrogens with zero attached hydrogens (tertiary/aromatic N) is 2. The zero-order valence-corrected chi connectivity index (χ0v) is 14.5. The minimum absolute atomic E-state index is 0.123. The van der Waals surface area contributed by atoms with Crippen molar-refractivity contribution in [2.75, 3.05) is 0 Å². The Kier molecular flexibility index (Phi) is 4.08. The maximum absolute atomic E-state index is 12.8. The highest BCUT2D eigenvalue weighted by Gasteiger charge is 2.10. The van der Waals surface area contributed by atoms with Crippen molar-refractivity contribution in [1.29, 1.82) is 0 Å². The fraction of sp³-hybridized carbons (Fsp3) is 0.0952. The van der Waals surface area contributed by atoms with Crippen LogP contribution in [-0.2, 0) is 6.54 Å². The Hall–Kier alpha value is -3.67. The van der Waals surface area contributed by atoms with E-state index in [2.05, 4.69) is 5.16 Å². The Morgan fingerprint density at radius 1 is 1.19 bits per heavy atom. The lowest BCUT2D eigenvalue weighted by molar-refractivity contribution is 0.0696. The summed E-state index contributed by atoms with van der Waals surface area (Å²) in [6, 6.07) is 14.1. The van der Waals surface area contributed by atoms with Crippen molar-refractivity contribution in [3.05, 3.63) is 88.2 Å². The minimum atomic E-state index is -0.987. The maximum atomic E-state index is 12.8. The number of pyridine rings is 1. The number of hydrogen-bond acceptors (Lipinski definition) is 4. The first-order valence-corrected chi connectivity index (χ1v) is 8.40. The smallest absolute Gasteiger partial charge is 0.335 e. The molecule has 0 aliphatic carbocycles. The molecule has 0 atom stereocenters. The molecule has 0 fully saturated rings. The minimum Gasteiger partial charge on any atom is -0.478 e. The van der Waals surface area contributed by atoms with Crippen LogP contribution in [0.15, 0.2) is 70.3 Å². The summed E-state index contributed by atoms with van der Waals surface area (Å²) in [5.74, 6) is -0.987. The molecule has 2 heterocycles. The van der Waals surface area contributed by atoms with E-state index in [9.17, 15) is 9.59 Å². The van der Waals surface area contributed by atoms with Gasteiger partial charge in [-0.3, -0.25) is 4.79 Å². The molecule has 1 N–H and O–H groups in total. The first kappa shape index (κ1) is 16.8. The van der Waals surface area contributed by atoms with Crippen LogP contribution in [-0.4, -0.2) is 20.8 Å². The average Bonchev–Trinajstić information content (AvgIpc) is 3.10. The quantitative estimate of drug-likeness (QED) is 0.600. The van der Waals surface area contributed by atoms with Crippen LogP contribution in [0.25, 0.3) is 21.9 Å². The van der Waals surface area contributed by atoms with Gasteiger partial charge in [0.05, 0.1) is 17.8 Å². The Bertz CT molecular complexity index is 1220. The SMILES string of the molecule is Cc1nocc1-c1ccc2c(=O)n(Cc3cccc(C(=O)O)c3)ccc2c1. The van der Waals surface area contributed by atoms with Crippen LogP contribution in [0.2, 0.25) is 0 Å². The van der Waals surface area contributed by atoms with E-state index in [0.29, 0.717) is 11.9 Å². The molecule has 0 aliphatic rings. The molecule has 0 bridgehead atoms. The van der Waals surface area contributed by atoms with E-state index < -0.39 is 5.97 Å². The second kappa shape index (κ2) is 6.57. The molecular formula is C21H16N2O4. The predicted molar refractivity (Wildman–Crippen MR) is 101 cm³/mol. The number of carboxylic acid groups (broad SMARTS) is 1. The van der Waals surface area contributed by atoms with E-state index in [0.717, 1.165) is 27.8 Å². The van der Waals surface area contributed by atoms with Gasteiger partial charge in [0.15, 0.2) is 0 Å². The number of benzene rings is 2. The molecule has 134 valence electrons. The van der Waals surface area contributed by atoms with E-state index in [1.165, 1.54) is 6.07 Å². The van der Waals surface area contributed by atoms with Crippen LogP contribution in [0.5, 0.6) is 0 Å². The maximum Gasteiger partial charge on any atom is 0.335 e. The number of carboxylic acids is 1. The summed E-state index contributed by atoms with van der Waals surface area (Å²) in [4.78, 5) is 24.0. The molecule has 4 aromatic rings. The van der Waals surface area contributed by atoms with Crippen molar-refractivity contribution in [2.24, 2.45) is 0 Å². The molecule has 0 spiro atoms. The van der Waals surface area contributed by atoms with Gasteiger partial charge in [-0.1, -0.05) is 23.4 Å². The first-order chi connectivity index (χ1) is 13.0. The lowest BCUT2D eigenvalue weighted by Gasteiger charge is -2.09. The zero-order chi connectivity index (χ0) is 19.0. The summed E-state index contributed by atoms with van der Waals surface area (Å²) in [5, 5.41) is 14.4. The number of hydrogen-bond donors (Lipinski definition) is 1. The summed E-state index contributed by atoms with van der Waals surface area (Å²) in [6.07, 6.45) is 3.32. The Morgan fingerprint density at radius 2 is 2.04 bits per heavy atom. The van der Waals surface area contributed by atoms with Gasteiger partial charge in [0.2, 0.25) is 0 Å². The normalized spacial score (nSPS) is 11.0. The number of fused-ring (bicyclic) bond motifs is 1. The van der Waals surface area contributed by atoms with Crippen LogP contribution < -0.4 is 5.56 Å². The summed E-state index contributed by atoms with van der Waals surface area (Å²) in [6.45, 7) is 2.18. The molecule has 0 saturated carbocycles. The highest BCUT2D eigenvalue weighted by atomic mass is 16.5. The summed E-state index contributed by atoms with van der Waals surface area (Å²) in [7, 11) is 0. The number of aromatic carboxylic acids is 1. The number of aryl methyl sites for hydroxylation is 1.